The summed E-state index contributed by atoms with van der Waals surface area (Å²) in [6.45, 7) is 0. The van der Waals surface area contributed by atoms with Gasteiger partial charge in [0.05, 0.1) is 17.7 Å². The molecule has 7 nitrogen and oxygen atoms in total. The van der Waals surface area contributed by atoms with Crippen molar-refractivity contribution >= 4 is 16.7 Å². The number of hydrogen-bond acceptors (Lipinski definition) is 6. The Morgan fingerprint density at radius 2 is 1.74 bits per heavy atom. The Morgan fingerprint density at radius 1 is 1.09 bits per heavy atom. The maximum Gasteiger partial charge on any atom is 0.248 e. The number of aromatic amines is 1. The number of carbonyl (C=O) groups excluding carboxylic acids is 1. The number of fused-ring (bicyclic) bond motifs is 1. The summed E-state index contributed by atoms with van der Waals surface area (Å²) in [6.07, 6.45) is -5.02. The van der Waals surface area contributed by atoms with E-state index in [0.29, 0.717) is 5.39 Å². The van der Waals surface area contributed by atoms with Gasteiger partial charge in [-0.2, -0.15) is 0 Å². The Kier molecular flexibility index (Phi) is 3.81. The molecule has 0 spiro atoms. The van der Waals surface area contributed by atoms with E-state index in [1.165, 1.54) is 12.1 Å². The summed E-state index contributed by atoms with van der Waals surface area (Å²) in [5, 5.41) is 40.3. The van der Waals surface area contributed by atoms with E-state index in [9.17, 15) is 30.0 Å². The van der Waals surface area contributed by atoms with Gasteiger partial charge in [-0.25, -0.2) is 0 Å². The largest absolute Gasteiger partial charge is 0.390 e. The number of aliphatic hydroxyl groups is 4. The molecular weight excluding hydrogens is 302 g/mol. The molecule has 1 aromatic carbocycles. The number of pyridine rings is 1. The van der Waals surface area contributed by atoms with Gasteiger partial charge in [-0.15, -0.1) is 0 Å². The smallest absolute Gasteiger partial charge is 0.248 e. The van der Waals surface area contributed by atoms with Crippen LogP contribution in [0.2, 0.25) is 0 Å². The summed E-state index contributed by atoms with van der Waals surface area (Å²) < 4.78 is 0. The van der Waals surface area contributed by atoms with Gasteiger partial charge >= 0.3 is 0 Å². The number of aliphatic hydroxyl groups excluding tert-OH is 3. The zero-order valence-electron chi connectivity index (χ0n) is 12.1. The highest BCUT2D eigenvalue weighted by atomic mass is 16.4. The number of benzene rings is 1. The second kappa shape index (κ2) is 5.54. The summed E-state index contributed by atoms with van der Waals surface area (Å²) in [7, 11) is 0. The van der Waals surface area contributed by atoms with Crippen molar-refractivity contribution in [3.8, 4) is 0 Å². The molecule has 1 aromatic heterocycles. The molecular formula is C16H17NO6. The number of H-pyrrole nitrogens is 1. The van der Waals surface area contributed by atoms with Crippen LogP contribution in [0.5, 0.6) is 0 Å². The van der Waals surface area contributed by atoms with Gasteiger partial charge in [0.25, 0.3) is 0 Å². The van der Waals surface area contributed by atoms with Crippen LogP contribution in [0.1, 0.15) is 23.2 Å². The second-order valence-electron chi connectivity index (χ2n) is 5.99. The van der Waals surface area contributed by atoms with Gasteiger partial charge in [0.15, 0.2) is 5.78 Å². The summed E-state index contributed by atoms with van der Waals surface area (Å²) in [4.78, 5) is 26.9. The molecule has 0 radical (unpaired) electrons. The average molecular weight is 319 g/mol. The number of carbonyl (C=O) groups is 1. The minimum Gasteiger partial charge on any atom is -0.390 e. The van der Waals surface area contributed by atoms with E-state index in [1.54, 1.807) is 18.2 Å². The third kappa shape index (κ3) is 2.68. The van der Waals surface area contributed by atoms with E-state index < -0.39 is 42.5 Å². The molecule has 0 amide bonds. The molecule has 0 aliphatic heterocycles. The molecule has 0 saturated heterocycles. The monoisotopic (exact) mass is 319 g/mol. The van der Waals surface area contributed by atoms with Gasteiger partial charge in [0.1, 0.15) is 11.7 Å². The highest BCUT2D eigenvalue weighted by Crippen LogP contribution is 2.33. The average Bonchev–Trinajstić information content (AvgIpc) is 2.51. The molecule has 23 heavy (non-hydrogen) atoms. The molecule has 122 valence electrons. The SMILES string of the molecule is O=C(c1cccc2ccc(=O)[nH]c12)C1(O)C[C@@H](O)C(O)[C@H](O)C1. The fraction of sp³-hybridized carbons (Fsp3) is 0.375. The normalized spacial score (nSPS) is 31.2. The predicted octanol–water partition coefficient (Wildman–Crippen LogP) is -0.682. The summed E-state index contributed by atoms with van der Waals surface area (Å²) in [6, 6.07) is 7.67. The third-order valence-corrected chi connectivity index (χ3v) is 4.31. The molecule has 1 fully saturated rings. The summed E-state index contributed by atoms with van der Waals surface area (Å²) in [5.41, 5.74) is -2.02. The highest BCUT2D eigenvalue weighted by Gasteiger charge is 2.48. The Balaban J connectivity index is 2.07. The quantitative estimate of drug-likeness (QED) is 0.466. The highest BCUT2D eigenvalue weighted by molar-refractivity contribution is 6.10. The molecule has 1 saturated carbocycles. The van der Waals surface area contributed by atoms with Crippen molar-refractivity contribution in [1.29, 1.82) is 0 Å². The van der Waals surface area contributed by atoms with Crippen LogP contribution in [0.15, 0.2) is 35.1 Å². The minimum atomic E-state index is -2.01. The number of hydrogen-bond donors (Lipinski definition) is 5. The van der Waals surface area contributed by atoms with E-state index in [1.807, 2.05) is 0 Å². The lowest BCUT2D eigenvalue weighted by Gasteiger charge is -2.39. The third-order valence-electron chi connectivity index (χ3n) is 4.31. The van der Waals surface area contributed by atoms with Crippen molar-refractivity contribution in [3.05, 3.63) is 46.2 Å². The predicted molar refractivity (Wildman–Crippen MR) is 81.1 cm³/mol. The first-order valence-corrected chi connectivity index (χ1v) is 7.25. The first-order valence-electron chi connectivity index (χ1n) is 7.25. The van der Waals surface area contributed by atoms with Crippen molar-refractivity contribution < 1.29 is 25.2 Å². The fourth-order valence-electron chi connectivity index (χ4n) is 3.08. The summed E-state index contributed by atoms with van der Waals surface area (Å²) >= 11 is 0. The van der Waals surface area contributed by atoms with Gasteiger partial charge in [0.2, 0.25) is 5.56 Å². The number of aromatic nitrogens is 1. The molecule has 0 unspecified atom stereocenters. The summed E-state index contributed by atoms with van der Waals surface area (Å²) in [5.74, 6) is -0.713. The standard InChI is InChI=1S/C16H17NO6/c18-10-6-16(23,7-11(19)14(10)21)15(22)9-3-1-2-8-4-5-12(20)17-13(8)9/h1-5,10-11,14,18-19,21,23H,6-7H2,(H,17,20)/t10-,11-,14?,16?/m1/s1. The fourth-order valence-corrected chi connectivity index (χ4v) is 3.08. The van der Waals surface area contributed by atoms with E-state index >= 15 is 0 Å². The van der Waals surface area contributed by atoms with Gasteiger partial charge in [-0.1, -0.05) is 12.1 Å². The zero-order valence-corrected chi connectivity index (χ0v) is 12.1. The molecule has 0 bridgehead atoms. The van der Waals surface area contributed by atoms with E-state index in [-0.39, 0.29) is 16.6 Å². The number of rotatable bonds is 2. The first kappa shape index (κ1) is 15.8. The van der Waals surface area contributed by atoms with Crippen LogP contribution >= 0.6 is 0 Å². The first-order chi connectivity index (χ1) is 10.8. The van der Waals surface area contributed by atoms with Gasteiger partial charge in [0, 0.05) is 24.5 Å². The molecule has 1 aliphatic rings. The Hall–Kier alpha value is -2.06. The van der Waals surface area contributed by atoms with Gasteiger partial charge < -0.3 is 25.4 Å². The van der Waals surface area contributed by atoms with Crippen LogP contribution < -0.4 is 5.56 Å². The van der Waals surface area contributed by atoms with E-state index in [0.717, 1.165) is 0 Å². The van der Waals surface area contributed by atoms with Gasteiger partial charge in [-0.05, 0) is 17.5 Å². The van der Waals surface area contributed by atoms with Crippen molar-refractivity contribution in [1.82, 2.24) is 4.98 Å². The van der Waals surface area contributed by atoms with Crippen LogP contribution in [-0.4, -0.2) is 55.1 Å². The van der Waals surface area contributed by atoms with Crippen LogP contribution in [-0.2, 0) is 0 Å². The van der Waals surface area contributed by atoms with Crippen molar-refractivity contribution in [2.75, 3.05) is 0 Å². The van der Waals surface area contributed by atoms with Crippen LogP contribution in [0, 0.1) is 0 Å². The molecule has 1 aliphatic carbocycles. The lowest BCUT2D eigenvalue weighted by molar-refractivity contribution is -0.139. The van der Waals surface area contributed by atoms with Crippen LogP contribution in [0.4, 0.5) is 0 Å². The maximum atomic E-state index is 12.8. The molecule has 3 rings (SSSR count). The Bertz CT molecular complexity index is 802. The molecule has 2 atom stereocenters. The molecule has 2 aromatic rings. The van der Waals surface area contributed by atoms with Gasteiger partial charge in [-0.3, -0.25) is 9.59 Å². The van der Waals surface area contributed by atoms with E-state index in [2.05, 4.69) is 4.98 Å². The topological polar surface area (TPSA) is 131 Å². The molecule has 5 N–H and O–H groups in total. The zero-order chi connectivity index (χ0) is 16.8. The van der Waals surface area contributed by atoms with Crippen molar-refractivity contribution in [3.63, 3.8) is 0 Å². The van der Waals surface area contributed by atoms with Crippen molar-refractivity contribution in [2.24, 2.45) is 0 Å². The van der Waals surface area contributed by atoms with Crippen molar-refractivity contribution in [2.45, 2.75) is 36.8 Å². The number of Topliss-reactive ketones (excluding diaryl/α,β-unsaturated/α-hetero) is 1. The number of para-hydroxylation sites is 1. The maximum absolute atomic E-state index is 12.8. The van der Waals surface area contributed by atoms with Crippen LogP contribution in [0.25, 0.3) is 10.9 Å². The Morgan fingerprint density at radius 3 is 2.39 bits per heavy atom. The van der Waals surface area contributed by atoms with Crippen LogP contribution in [0.3, 0.4) is 0 Å². The lowest BCUT2D eigenvalue weighted by atomic mass is 9.75. The number of ketones is 1. The number of nitrogens with one attached hydrogen (secondary N) is 1. The molecule has 1 heterocycles. The Labute approximate surface area is 130 Å². The lowest BCUT2D eigenvalue weighted by Crippen LogP contribution is -2.56. The molecule has 7 heteroatoms. The minimum absolute atomic E-state index is 0.0958. The van der Waals surface area contributed by atoms with E-state index in [4.69, 9.17) is 0 Å². The second-order valence-corrected chi connectivity index (χ2v) is 5.99.